The number of nitrogens with zero attached hydrogens (tertiary/aromatic N) is 1. The molecule has 0 unspecified atom stereocenters. The first-order chi connectivity index (χ1) is 18.9. The summed E-state index contributed by atoms with van der Waals surface area (Å²) in [6.07, 6.45) is 1.42. The Balaban J connectivity index is 1.37. The number of benzene rings is 4. The zero-order chi connectivity index (χ0) is 27.7. The van der Waals surface area contributed by atoms with Crippen LogP contribution in [0, 0.1) is 0 Å². The first-order valence-corrected chi connectivity index (χ1v) is 13.4. The number of anilines is 1. The van der Waals surface area contributed by atoms with E-state index in [1.54, 1.807) is 66.7 Å². The number of sulfonamides is 1. The van der Waals surface area contributed by atoms with Crippen LogP contribution in [0.15, 0.2) is 113 Å². The Morgan fingerprint density at radius 3 is 2.15 bits per heavy atom. The van der Waals surface area contributed by atoms with E-state index in [2.05, 4.69) is 15.2 Å². The second-order valence-electron chi connectivity index (χ2n) is 8.09. The average molecular weight is 544 g/mol. The molecule has 1 amide bonds. The van der Waals surface area contributed by atoms with Crippen molar-refractivity contribution in [1.29, 1.82) is 0 Å². The fourth-order valence-corrected chi connectivity index (χ4v) is 4.50. The molecule has 9 nitrogen and oxygen atoms in total. The highest BCUT2D eigenvalue weighted by Crippen LogP contribution is 2.29. The smallest absolute Gasteiger partial charge is 0.343 e. The topological polar surface area (TPSA) is 123 Å². The molecule has 4 aromatic rings. The van der Waals surface area contributed by atoms with Gasteiger partial charge in [-0.25, -0.2) is 18.6 Å². The Bertz CT molecular complexity index is 1570. The van der Waals surface area contributed by atoms with Gasteiger partial charge < -0.3 is 9.47 Å². The lowest BCUT2D eigenvalue weighted by Gasteiger charge is -2.11. The molecule has 0 bridgehead atoms. The van der Waals surface area contributed by atoms with E-state index in [0.29, 0.717) is 29.2 Å². The zero-order valence-electron chi connectivity index (χ0n) is 20.9. The van der Waals surface area contributed by atoms with Gasteiger partial charge in [-0.05, 0) is 79.2 Å². The van der Waals surface area contributed by atoms with Crippen LogP contribution in [-0.4, -0.2) is 33.1 Å². The third kappa shape index (κ3) is 7.30. The van der Waals surface area contributed by atoms with Crippen molar-refractivity contribution in [3.63, 3.8) is 0 Å². The van der Waals surface area contributed by atoms with Gasteiger partial charge in [0.1, 0.15) is 0 Å². The zero-order valence-corrected chi connectivity index (χ0v) is 21.7. The number of carbonyl (C=O) groups is 2. The Kier molecular flexibility index (Phi) is 8.70. The van der Waals surface area contributed by atoms with Crippen LogP contribution in [-0.2, 0) is 10.0 Å². The second-order valence-corrected chi connectivity index (χ2v) is 9.77. The minimum absolute atomic E-state index is 0.135. The number of carbonyl (C=O) groups excluding carboxylic acids is 2. The van der Waals surface area contributed by atoms with Crippen LogP contribution in [0.25, 0.3) is 0 Å². The first kappa shape index (κ1) is 27.1. The fourth-order valence-electron chi connectivity index (χ4n) is 3.42. The lowest BCUT2D eigenvalue weighted by atomic mass is 10.2. The van der Waals surface area contributed by atoms with E-state index in [1.807, 2.05) is 6.92 Å². The van der Waals surface area contributed by atoms with Crippen molar-refractivity contribution >= 4 is 33.8 Å². The van der Waals surface area contributed by atoms with Crippen molar-refractivity contribution in [1.82, 2.24) is 5.43 Å². The van der Waals surface area contributed by atoms with Gasteiger partial charge in [-0.1, -0.05) is 36.4 Å². The molecular weight excluding hydrogens is 518 g/mol. The minimum Gasteiger partial charge on any atom is -0.490 e. The normalized spacial score (nSPS) is 11.1. The van der Waals surface area contributed by atoms with Gasteiger partial charge in [0.05, 0.1) is 23.3 Å². The van der Waals surface area contributed by atoms with Gasteiger partial charge in [0, 0.05) is 11.3 Å². The van der Waals surface area contributed by atoms with Crippen molar-refractivity contribution in [3.05, 3.63) is 120 Å². The molecule has 2 N–H and O–H groups in total. The van der Waals surface area contributed by atoms with E-state index in [-0.39, 0.29) is 16.2 Å². The van der Waals surface area contributed by atoms with E-state index in [9.17, 15) is 18.0 Å². The molecule has 39 heavy (non-hydrogen) atoms. The average Bonchev–Trinajstić information content (AvgIpc) is 2.95. The van der Waals surface area contributed by atoms with E-state index in [0.717, 1.165) is 0 Å². The van der Waals surface area contributed by atoms with Crippen LogP contribution in [0.2, 0.25) is 0 Å². The number of hydrazone groups is 1. The number of hydrogen-bond acceptors (Lipinski definition) is 7. The molecule has 0 fully saturated rings. The van der Waals surface area contributed by atoms with Crippen LogP contribution >= 0.6 is 0 Å². The summed E-state index contributed by atoms with van der Waals surface area (Å²) < 4.78 is 38.5. The fraction of sp³-hybridized carbons (Fsp3) is 0.0690. The van der Waals surface area contributed by atoms with Crippen LogP contribution in [0.3, 0.4) is 0 Å². The Labute approximate surface area is 226 Å². The van der Waals surface area contributed by atoms with Crippen molar-refractivity contribution < 1.29 is 27.5 Å². The summed E-state index contributed by atoms with van der Waals surface area (Å²) in [6.45, 7) is 2.16. The van der Waals surface area contributed by atoms with Gasteiger partial charge in [-0.3, -0.25) is 9.52 Å². The maximum atomic E-state index is 12.5. The van der Waals surface area contributed by atoms with Gasteiger partial charge in [0.25, 0.3) is 15.9 Å². The Morgan fingerprint density at radius 1 is 0.821 bits per heavy atom. The standard InChI is InChI=1S/C29H25N3O6S/c1-2-37-27-19-21(13-18-26(27)38-29(34)23-9-5-3-6-10-23)20-30-31-28(33)22-14-16-24(17-15-22)32-39(35,36)25-11-7-4-8-12-25/h3-20,32H,2H2,1H3,(H,31,33). The highest BCUT2D eigenvalue weighted by molar-refractivity contribution is 7.92. The summed E-state index contributed by atoms with van der Waals surface area (Å²) in [4.78, 5) is 25.0. The summed E-state index contributed by atoms with van der Waals surface area (Å²) >= 11 is 0. The van der Waals surface area contributed by atoms with Crippen LogP contribution in [0.1, 0.15) is 33.2 Å². The number of nitrogens with one attached hydrogen (secondary N) is 2. The van der Waals surface area contributed by atoms with E-state index in [4.69, 9.17) is 9.47 Å². The van der Waals surface area contributed by atoms with Crippen molar-refractivity contribution in [2.24, 2.45) is 5.10 Å². The van der Waals surface area contributed by atoms with Crippen molar-refractivity contribution in [3.8, 4) is 11.5 Å². The van der Waals surface area contributed by atoms with Gasteiger partial charge in [0.15, 0.2) is 11.5 Å². The SMILES string of the molecule is CCOc1cc(C=NNC(=O)c2ccc(NS(=O)(=O)c3ccccc3)cc2)ccc1OC(=O)c1ccccc1. The third-order valence-corrected chi connectivity index (χ3v) is 6.71. The van der Waals surface area contributed by atoms with Gasteiger partial charge in [0.2, 0.25) is 0 Å². The molecule has 0 atom stereocenters. The largest absolute Gasteiger partial charge is 0.490 e. The van der Waals surface area contributed by atoms with Gasteiger partial charge in [-0.2, -0.15) is 5.10 Å². The van der Waals surface area contributed by atoms with Crippen LogP contribution in [0.5, 0.6) is 11.5 Å². The number of amides is 1. The lowest BCUT2D eigenvalue weighted by Crippen LogP contribution is -2.18. The number of esters is 1. The molecule has 4 aromatic carbocycles. The predicted molar refractivity (Wildman–Crippen MR) is 148 cm³/mol. The molecule has 0 saturated heterocycles. The number of rotatable bonds is 10. The van der Waals surface area contributed by atoms with Crippen LogP contribution in [0.4, 0.5) is 5.69 Å². The molecular formula is C29H25N3O6S. The van der Waals surface area contributed by atoms with Gasteiger partial charge in [-0.15, -0.1) is 0 Å². The maximum Gasteiger partial charge on any atom is 0.343 e. The molecule has 198 valence electrons. The molecule has 4 rings (SSSR count). The molecule has 0 aliphatic carbocycles. The monoisotopic (exact) mass is 543 g/mol. The lowest BCUT2D eigenvalue weighted by molar-refractivity contribution is 0.0728. The molecule has 0 saturated carbocycles. The number of hydrogen-bond donors (Lipinski definition) is 2. The predicted octanol–water partition coefficient (Wildman–Crippen LogP) is 4.87. The third-order valence-electron chi connectivity index (χ3n) is 5.31. The highest BCUT2D eigenvalue weighted by Gasteiger charge is 2.15. The Morgan fingerprint density at radius 2 is 1.49 bits per heavy atom. The molecule has 0 aliphatic heterocycles. The van der Waals surface area contributed by atoms with Crippen LogP contribution < -0.4 is 19.6 Å². The molecule has 0 radical (unpaired) electrons. The molecule has 0 aliphatic rings. The maximum absolute atomic E-state index is 12.5. The Hall–Kier alpha value is -4.96. The summed E-state index contributed by atoms with van der Waals surface area (Å²) in [5.74, 6) is -0.383. The molecule has 0 heterocycles. The van der Waals surface area contributed by atoms with E-state index < -0.39 is 21.9 Å². The van der Waals surface area contributed by atoms with Crippen molar-refractivity contribution in [2.75, 3.05) is 11.3 Å². The quantitative estimate of drug-likeness (QED) is 0.127. The first-order valence-electron chi connectivity index (χ1n) is 11.9. The second kappa shape index (κ2) is 12.5. The highest BCUT2D eigenvalue weighted by atomic mass is 32.2. The molecule has 0 spiro atoms. The van der Waals surface area contributed by atoms with Gasteiger partial charge >= 0.3 is 5.97 Å². The van der Waals surface area contributed by atoms with Crippen molar-refractivity contribution in [2.45, 2.75) is 11.8 Å². The summed E-state index contributed by atoms with van der Waals surface area (Å²) in [6, 6.07) is 27.4. The molecule has 10 heteroatoms. The summed E-state index contributed by atoms with van der Waals surface area (Å²) in [5, 5.41) is 3.98. The summed E-state index contributed by atoms with van der Waals surface area (Å²) in [5.41, 5.74) is 4.04. The van der Waals surface area contributed by atoms with E-state index >= 15 is 0 Å². The molecule has 0 aromatic heterocycles. The van der Waals surface area contributed by atoms with E-state index in [1.165, 1.54) is 42.6 Å². The summed E-state index contributed by atoms with van der Waals surface area (Å²) in [7, 11) is -3.74. The number of ether oxygens (including phenoxy) is 2. The minimum atomic E-state index is -3.74.